The molecule has 0 unspecified atom stereocenters. The summed E-state index contributed by atoms with van der Waals surface area (Å²) in [4.78, 5) is 14.2. The molecule has 0 aliphatic rings. The molecule has 0 atom stereocenters. The van der Waals surface area contributed by atoms with E-state index in [9.17, 15) is 4.79 Å². The van der Waals surface area contributed by atoms with Crippen molar-refractivity contribution in [2.45, 2.75) is 6.92 Å². The average Bonchev–Trinajstić information content (AvgIpc) is 1.97. The Bertz CT molecular complexity index is 184. The van der Waals surface area contributed by atoms with Crippen molar-refractivity contribution in [1.29, 1.82) is 0 Å². The first-order chi connectivity index (χ1) is 5.20. The highest BCUT2D eigenvalue weighted by Crippen LogP contribution is 1.83. The molecule has 0 saturated carbocycles. The van der Waals surface area contributed by atoms with E-state index in [0.717, 1.165) is 5.57 Å². The molecule has 0 aromatic rings. The lowest BCUT2D eigenvalue weighted by atomic mass is 10.3. The molecule has 0 aromatic heterocycles. The molecule has 0 saturated heterocycles. The van der Waals surface area contributed by atoms with Crippen molar-refractivity contribution < 1.29 is 4.79 Å². The first-order valence-corrected chi connectivity index (χ1v) is 3.28. The topological polar surface area (TPSA) is 67.5 Å². The van der Waals surface area contributed by atoms with E-state index in [1.54, 1.807) is 13.3 Å². The van der Waals surface area contributed by atoms with Crippen LogP contribution in [0.25, 0.3) is 0 Å². The van der Waals surface area contributed by atoms with Crippen LogP contribution in [0.4, 0.5) is 0 Å². The van der Waals surface area contributed by atoms with E-state index in [4.69, 9.17) is 5.73 Å². The van der Waals surface area contributed by atoms with Crippen LogP contribution < -0.4 is 11.1 Å². The van der Waals surface area contributed by atoms with Crippen LogP contribution in [0.2, 0.25) is 0 Å². The predicted molar refractivity (Wildman–Crippen MR) is 45.4 cm³/mol. The summed E-state index contributed by atoms with van der Waals surface area (Å²) in [6.45, 7) is 1.89. The zero-order valence-corrected chi connectivity index (χ0v) is 6.79. The van der Waals surface area contributed by atoms with Crippen LogP contribution in [0.15, 0.2) is 16.8 Å². The van der Waals surface area contributed by atoms with E-state index in [-0.39, 0.29) is 5.91 Å². The fourth-order valence-electron chi connectivity index (χ4n) is 0.540. The molecule has 0 heterocycles. The van der Waals surface area contributed by atoms with E-state index in [2.05, 4.69) is 10.3 Å². The minimum absolute atomic E-state index is 0.0751. The Morgan fingerprint density at radius 3 is 2.73 bits per heavy atom. The van der Waals surface area contributed by atoms with Crippen molar-refractivity contribution in [3.8, 4) is 0 Å². The average molecular weight is 155 g/mol. The van der Waals surface area contributed by atoms with Gasteiger partial charge in [0.15, 0.2) is 0 Å². The number of carbonyl (C=O) groups is 1. The molecular formula is C7H13N3O. The Hall–Kier alpha value is -1.32. The van der Waals surface area contributed by atoms with Crippen molar-refractivity contribution in [3.05, 3.63) is 11.8 Å². The standard InChI is InChI=1S/C7H13N3O/c1-6(11)10-5-7(3-8)4-9-2/h3-4H,5,8H2,1-2H3,(H,10,11). The van der Waals surface area contributed by atoms with Gasteiger partial charge in [0.05, 0.1) is 0 Å². The molecule has 3 N–H and O–H groups in total. The third-order valence-corrected chi connectivity index (χ3v) is 1.05. The molecule has 0 rings (SSSR count). The smallest absolute Gasteiger partial charge is 0.217 e. The van der Waals surface area contributed by atoms with Gasteiger partial charge in [-0.25, -0.2) is 0 Å². The van der Waals surface area contributed by atoms with Crippen LogP contribution in [0.5, 0.6) is 0 Å². The first-order valence-electron chi connectivity index (χ1n) is 3.28. The van der Waals surface area contributed by atoms with Gasteiger partial charge in [-0.15, -0.1) is 0 Å². The highest BCUT2D eigenvalue weighted by Gasteiger charge is 1.92. The Morgan fingerprint density at radius 2 is 2.36 bits per heavy atom. The summed E-state index contributed by atoms with van der Waals surface area (Å²) < 4.78 is 0. The highest BCUT2D eigenvalue weighted by atomic mass is 16.1. The number of aliphatic imine (C=N–C) groups is 1. The minimum atomic E-state index is -0.0751. The Balaban J connectivity index is 3.81. The summed E-state index contributed by atoms with van der Waals surface area (Å²) in [6, 6.07) is 0. The van der Waals surface area contributed by atoms with Crippen LogP contribution in [-0.4, -0.2) is 25.7 Å². The van der Waals surface area contributed by atoms with Crippen LogP contribution in [0.1, 0.15) is 6.92 Å². The minimum Gasteiger partial charge on any atom is -0.404 e. The quantitative estimate of drug-likeness (QED) is 0.548. The van der Waals surface area contributed by atoms with Crippen LogP contribution in [-0.2, 0) is 4.79 Å². The molecule has 0 radical (unpaired) electrons. The van der Waals surface area contributed by atoms with E-state index < -0.39 is 0 Å². The largest absolute Gasteiger partial charge is 0.404 e. The maximum Gasteiger partial charge on any atom is 0.217 e. The molecule has 62 valence electrons. The lowest BCUT2D eigenvalue weighted by Crippen LogP contribution is -2.23. The van der Waals surface area contributed by atoms with Gasteiger partial charge >= 0.3 is 0 Å². The summed E-state index contributed by atoms with van der Waals surface area (Å²) in [7, 11) is 1.65. The lowest BCUT2D eigenvalue weighted by molar-refractivity contribution is -0.118. The summed E-state index contributed by atoms with van der Waals surface area (Å²) in [6.07, 6.45) is 3.03. The number of hydrogen-bond acceptors (Lipinski definition) is 3. The molecule has 1 amide bonds. The lowest BCUT2D eigenvalue weighted by Gasteiger charge is -2.00. The third kappa shape index (κ3) is 5.14. The van der Waals surface area contributed by atoms with E-state index in [1.807, 2.05) is 0 Å². The molecule has 0 aliphatic heterocycles. The maximum atomic E-state index is 10.4. The molecule has 4 nitrogen and oxygen atoms in total. The van der Waals surface area contributed by atoms with Gasteiger partial charge in [0, 0.05) is 38.5 Å². The summed E-state index contributed by atoms with van der Waals surface area (Å²) in [5.41, 5.74) is 6.03. The number of nitrogens with zero attached hydrogens (tertiary/aromatic N) is 1. The molecule has 4 heteroatoms. The first kappa shape index (κ1) is 9.68. The second-order valence-electron chi connectivity index (χ2n) is 2.04. The van der Waals surface area contributed by atoms with Gasteiger partial charge in [-0.3, -0.25) is 9.79 Å². The second kappa shape index (κ2) is 5.46. The fraction of sp³-hybridized carbons (Fsp3) is 0.429. The fourth-order valence-corrected chi connectivity index (χ4v) is 0.540. The number of nitrogens with one attached hydrogen (secondary N) is 1. The summed E-state index contributed by atoms with van der Waals surface area (Å²) in [5.74, 6) is -0.0751. The zero-order chi connectivity index (χ0) is 8.69. The zero-order valence-electron chi connectivity index (χ0n) is 6.79. The van der Waals surface area contributed by atoms with Crippen LogP contribution in [0, 0.1) is 0 Å². The van der Waals surface area contributed by atoms with Crippen LogP contribution in [0.3, 0.4) is 0 Å². The number of hydrogen-bond donors (Lipinski definition) is 2. The van der Waals surface area contributed by atoms with Gasteiger partial charge in [0.1, 0.15) is 0 Å². The van der Waals surface area contributed by atoms with Gasteiger partial charge < -0.3 is 11.1 Å². The van der Waals surface area contributed by atoms with E-state index >= 15 is 0 Å². The van der Waals surface area contributed by atoms with Gasteiger partial charge in [-0.1, -0.05) is 0 Å². The second-order valence-corrected chi connectivity index (χ2v) is 2.04. The van der Waals surface area contributed by atoms with Crippen molar-refractivity contribution >= 4 is 12.1 Å². The molecular weight excluding hydrogens is 142 g/mol. The van der Waals surface area contributed by atoms with Crippen molar-refractivity contribution in [1.82, 2.24) is 5.32 Å². The maximum absolute atomic E-state index is 10.4. The predicted octanol–water partition coefficient (Wildman–Crippen LogP) is -0.334. The van der Waals surface area contributed by atoms with Gasteiger partial charge in [-0.2, -0.15) is 0 Å². The highest BCUT2D eigenvalue weighted by molar-refractivity contribution is 5.81. The number of carbonyl (C=O) groups excluding carboxylic acids is 1. The molecule has 0 fully saturated rings. The summed E-state index contributed by atoms with van der Waals surface area (Å²) in [5, 5.41) is 2.60. The van der Waals surface area contributed by atoms with E-state index in [0.29, 0.717) is 6.54 Å². The molecule has 0 aliphatic carbocycles. The molecule has 11 heavy (non-hydrogen) atoms. The van der Waals surface area contributed by atoms with Crippen molar-refractivity contribution in [3.63, 3.8) is 0 Å². The van der Waals surface area contributed by atoms with Crippen molar-refractivity contribution in [2.24, 2.45) is 10.7 Å². The SMILES string of the molecule is CN=CC(=CN)CNC(C)=O. The molecule has 0 aromatic carbocycles. The normalized spacial score (nSPS) is 12.0. The van der Waals surface area contributed by atoms with E-state index in [1.165, 1.54) is 13.1 Å². The Kier molecular flexibility index (Phi) is 4.81. The van der Waals surface area contributed by atoms with Gasteiger partial charge in [0.2, 0.25) is 5.91 Å². The van der Waals surface area contributed by atoms with Crippen LogP contribution >= 0.6 is 0 Å². The van der Waals surface area contributed by atoms with Gasteiger partial charge in [0.25, 0.3) is 0 Å². The molecule has 0 spiro atoms. The monoisotopic (exact) mass is 155 g/mol. The Morgan fingerprint density at radius 1 is 1.73 bits per heavy atom. The summed E-state index contributed by atoms with van der Waals surface area (Å²) >= 11 is 0. The third-order valence-electron chi connectivity index (χ3n) is 1.05. The number of amides is 1. The van der Waals surface area contributed by atoms with Crippen molar-refractivity contribution in [2.75, 3.05) is 13.6 Å². The molecule has 0 bridgehead atoms. The van der Waals surface area contributed by atoms with Gasteiger partial charge in [-0.05, 0) is 0 Å². The number of rotatable bonds is 3. The number of nitrogens with two attached hydrogens (primary N) is 1. The Labute approximate surface area is 66.2 Å².